The highest BCUT2D eigenvalue weighted by Crippen LogP contribution is 2.42. The average molecular weight is 609 g/mol. The van der Waals surface area contributed by atoms with Gasteiger partial charge in [0.05, 0.1) is 6.33 Å². The highest BCUT2D eigenvalue weighted by atomic mass is 79.9. The second kappa shape index (κ2) is 9.54. The fourth-order valence-corrected chi connectivity index (χ4v) is 6.53. The number of aryl methyl sites for hydroxylation is 1. The standard InChI is InChI=1S/C20H20BrF3N6O4S2/c21-12-7-13-14(34-10-33-13)8-15(12)35-19-27-16-17(25)26-9-29(18(16)28-19)4-1-11-2-5-30(6-3-11)36(31,32)20(22,23)24/h7-9,11,25H,1-6,10H2,(H,27,28). The van der Waals surface area contributed by atoms with E-state index in [9.17, 15) is 21.6 Å². The molecule has 0 aliphatic carbocycles. The van der Waals surface area contributed by atoms with Crippen molar-refractivity contribution in [2.75, 3.05) is 19.9 Å². The van der Waals surface area contributed by atoms with Crippen LogP contribution in [0.5, 0.6) is 11.5 Å². The molecule has 2 N–H and O–H groups in total. The van der Waals surface area contributed by atoms with Gasteiger partial charge in [-0.15, -0.1) is 0 Å². The summed E-state index contributed by atoms with van der Waals surface area (Å²) in [7, 11) is -5.29. The fourth-order valence-electron chi connectivity index (χ4n) is 4.16. The molecule has 2 aromatic heterocycles. The molecule has 0 amide bonds. The molecule has 10 nitrogen and oxygen atoms in total. The topological polar surface area (TPSA) is 126 Å². The van der Waals surface area contributed by atoms with Crippen LogP contribution in [0.4, 0.5) is 13.2 Å². The van der Waals surface area contributed by atoms with Crippen LogP contribution in [0.15, 0.2) is 33.0 Å². The van der Waals surface area contributed by atoms with Gasteiger partial charge < -0.3 is 19.0 Å². The number of nitrogens with one attached hydrogen (secondary N) is 2. The fraction of sp³-hybridized carbons (Fsp3) is 0.450. The van der Waals surface area contributed by atoms with E-state index in [1.807, 2.05) is 12.1 Å². The number of hydrogen-bond donors (Lipinski definition) is 2. The van der Waals surface area contributed by atoms with Crippen LogP contribution in [0.3, 0.4) is 0 Å². The third kappa shape index (κ3) is 4.82. The van der Waals surface area contributed by atoms with E-state index in [0.717, 1.165) is 9.37 Å². The summed E-state index contributed by atoms with van der Waals surface area (Å²) < 4.78 is 75.6. The number of piperidine rings is 1. The summed E-state index contributed by atoms with van der Waals surface area (Å²) in [6.45, 7) is 0.308. The molecular weight excluding hydrogens is 589 g/mol. The summed E-state index contributed by atoms with van der Waals surface area (Å²) in [5.74, 6) is 1.33. The minimum Gasteiger partial charge on any atom is -0.454 e. The van der Waals surface area contributed by atoms with Crippen LogP contribution in [0.2, 0.25) is 0 Å². The highest BCUT2D eigenvalue weighted by Gasteiger charge is 2.50. The van der Waals surface area contributed by atoms with E-state index in [1.165, 1.54) is 18.1 Å². The van der Waals surface area contributed by atoms with Crippen molar-refractivity contribution < 1.29 is 31.1 Å². The maximum Gasteiger partial charge on any atom is 0.511 e. The lowest BCUT2D eigenvalue weighted by Crippen LogP contribution is -2.45. The Morgan fingerprint density at radius 1 is 1.22 bits per heavy atom. The zero-order valence-electron chi connectivity index (χ0n) is 18.5. The molecule has 0 saturated carbocycles. The van der Waals surface area contributed by atoms with Gasteiger partial charge in [-0.25, -0.2) is 18.4 Å². The number of sulfonamides is 1. The van der Waals surface area contributed by atoms with Crippen molar-refractivity contribution in [3.05, 3.63) is 28.4 Å². The van der Waals surface area contributed by atoms with Gasteiger partial charge >= 0.3 is 15.5 Å². The minimum absolute atomic E-state index is 0.0380. The molecule has 1 saturated heterocycles. The first-order valence-electron chi connectivity index (χ1n) is 10.9. The van der Waals surface area contributed by atoms with Gasteiger partial charge in [-0.3, -0.25) is 5.41 Å². The number of fused-ring (bicyclic) bond motifs is 2. The average Bonchev–Trinajstić information content (AvgIpc) is 3.46. The van der Waals surface area contributed by atoms with Gasteiger partial charge in [-0.1, -0.05) is 11.8 Å². The quantitative estimate of drug-likeness (QED) is 0.435. The number of aromatic nitrogens is 4. The molecule has 36 heavy (non-hydrogen) atoms. The summed E-state index contributed by atoms with van der Waals surface area (Å²) in [6.07, 6.45) is 2.80. The maximum absolute atomic E-state index is 12.8. The SMILES string of the molecule is N=c1ncn(CCC2CCN(S(=O)(=O)C(F)(F)F)CC2)c2nc(Sc3cc4c(cc3Br)OCO4)[nH]c12. The molecule has 2 aliphatic rings. The Kier molecular flexibility index (Phi) is 6.72. The molecule has 2 aliphatic heterocycles. The minimum atomic E-state index is -5.29. The third-order valence-electron chi connectivity index (χ3n) is 6.12. The van der Waals surface area contributed by atoms with Crippen molar-refractivity contribution in [3.63, 3.8) is 0 Å². The molecule has 5 rings (SSSR count). The van der Waals surface area contributed by atoms with Crippen molar-refractivity contribution in [2.24, 2.45) is 5.92 Å². The smallest absolute Gasteiger partial charge is 0.454 e. The predicted octanol–water partition coefficient (Wildman–Crippen LogP) is 3.83. The molecule has 3 aromatic rings. The van der Waals surface area contributed by atoms with E-state index in [-0.39, 0.29) is 31.3 Å². The van der Waals surface area contributed by atoms with E-state index in [0.29, 0.717) is 57.9 Å². The summed E-state index contributed by atoms with van der Waals surface area (Å²) in [5.41, 5.74) is -4.25. The summed E-state index contributed by atoms with van der Waals surface area (Å²) >= 11 is 4.87. The third-order valence-corrected chi connectivity index (χ3v) is 9.61. The first-order valence-corrected chi connectivity index (χ1v) is 13.9. The van der Waals surface area contributed by atoms with E-state index in [4.69, 9.17) is 14.9 Å². The van der Waals surface area contributed by atoms with Crippen molar-refractivity contribution in [1.82, 2.24) is 23.8 Å². The molecule has 194 valence electrons. The molecule has 0 atom stereocenters. The highest BCUT2D eigenvalue weighted by molar-refractivity contribution is 9.10. The Morgan fingerprint density at radius 2 is 1.92 bits per heavy atom. The Bertz CT molecular complexity index is 1470. The molecule has 0 unspecified atom stereocenters. The Morgan fingerprint density at radius 3 is 2.61 bits per heavy atom. The molecule has 0 bridgehead atoms. The second-order valence-corrected chi connectivity index (χ2v) is 12.2. The van der Waals surface area contributed by atoms with E-state index in [2.05, 4.69) is 30.9 Å². The molecule has 16 heteroatoms. The number of nitrogens with zero attached hydrogens (tertiary/aromatic N) is 4. The lowest BCUT2D eigenvalue weighted by molar-refractivity contribution is -0.0497. The first kappa shape index (κ1) is 25.4. The number of H-pyrrole nitrogens is 1. The van der Waals surface area contributed by atoms with Crippen LogP contribution in [0.25, 0.3) is 11.2 Å². The van der Waals surface area contributed by atoms with Crippen LogP contribution in [-0.4, -0.2) is 57.6 Å². The molecular formula is C20H20BrF3N6O4S2. The number of ether oxygens (including phenoxy) is 2. The van der Waals surface area contributed by atoms with E-state index < -0.39 is 15.5 Å². The Balaban J connectivity index is 1.28. The van der Waals surface area contributed by atoms with Gasteiger partial charge in [0.1, 0.15) is 5.52 Å². The molecule has 0 radical (unpaired) electrons. The van der Waals surface area contributed by atoms with Gasteiger partial charge in [0, 0.05) is 29.0 Å². The zero-order valence-corrected chi connectivity index (χ0v) is 21.7. The number of benzene rings is 1. The molecule has 1 aromatic carbocycles. The summed E-state index contributed by atoms with van der Waals surface area (Å²) in [5, 5.41) is 8.70. The zero-order chi connectivity index (χ0) is 25.7. The number of rotatable bonds is 6. The normalized spacial score (nSPS) is 17.2. The van der Waals surface area contributed by atoms with Crippen LogP contribution in [0, 0.1) is 11.3 Å². The van der Waals surface area contributed by atoms with Crippen LogP contribution < -0.4 is 15.0 Å². The number of hydrogen-bond acceptors (Lipinski definition) is 8. The lowest BCUT2D eigenvalue weighted by atomic mass is 9.95. The van der Waals surface area contributed by atoms with Crippen molar-refractivity contribution in [2.45, 2.75) is 41.4 Å². The van der Waals surface area contributed by atoms with Gasteiger partial charge in [-0.05, 0) is 53.2 Å². The van der Waals surface area contributed by atoms with Gasteiger partial charge in [0.15, 0.2) is 27.8 Å². The van der Waals surface area contributed by atoms with Crippen LogP contribution in [0.1, 0.15) is 19.3 Å². The van der Waals surface area contributed by atoms with Crippen LogP contribution >= 0.6 is 27.7 Å². The van der Waals surface area contributed by atoms with Crippen LogP contribution in [-0.2, 0) is 16.6 Å². The predicted molar refractivity (Wildman–Crippen MR) is 126 cm³/mol. The summed E-state index contributed by atoms with van der Waals surface area (Å²) in [6, 6.07) is 3.65. The summed E-state index contributed by atoms with van der Waals surface area (Å²) in [4.78, 5) is 12.7. The maximum atomic E-state index is 12.8. The van der Waals surface area contributed by atoms with Crippen molar-refractivity contribution >= 4 is 48.9 Å². The number of imidazole rings is 1. The van der Waals surface area contributed by atoms with Crippen molar-refractivity contribution in [1.29, 1.82) is 5.41 Å². The Hall–Kier alpha value is -2.30. The monoisotopic (exact) mass is 608 g/mol. The van der Waals surface area contributed by atoms with E-state index >= 15 is 0 Å². The number of aromatic amines is 1. The van der Waals surface area contributed by atoms with Crippen molar-refractivity contribution in [3.8, 4) is 11.5 Å². The largest absolute Gasteiger partial charge is 0.511 e. The molecule has 0 spiro atoms. The lowest BCUT2D eigenvalue weighted by Gasteiger charge is -2.31. The Labute approximate surface area is 215 Å². The van der Waals surface area contributed by atoms with Gasteiger partial charge in [-0.2, -0.15) is 17.5 Å². The molecule has 1 fully saturated rings. The second-order valence-electron chi connectivity index (χ2n) is 8.35. The van der Waals surface area contributed by atoms with Gasteiger partial charge in [0.25, 0.3) is 0 Å². The van der Waals surface area contributed by atoms with E-state index in [1.54, 1.807) is 4.57 Å². The number of alkyl halides is 3. The molecule has 4 heterocycles. The number of halogens is 4. The van der Waals surface area contributed by atoms with Gasteiger partial charge in [0.2, 0.25) is 6.79 Å². The first-order chi connectivity index (χ1) is 17.0.